The summed E-state index contributed by atoms with van der Waals surface area (Å²) in [6.07, 6.45) is 1.12. The van der Waals surface area contributed by atoms with Crippen molar-refractivity contribution >= 4 is 23.4 Å². The van der Waals surface area contributed by atoms with Crippen LogP contribution in [-0.4, -0.2) is 49.6 Å². The first kappa shape index (κ1) is 28.9. The molecule has 0 aliphatic heterocycles. The fourth-order valence-corrected chi connectivity index (χ4v) is 4.13. The molecular formula is C30H35ClN2O5. The van der Waals surface area contributed by atoms with Gasteiger partial charge in [0.1, 0.15) is 23.3 Å². The first-order chi connectivity index (χ1) is 18.3. The van der Waals surface area contributed by atoms with E-state index in [9.17, 15) is 9.59 Å². The van der Waals surface area contributed by atoms with Gasteiger partial charge in [-0.15, -0.1) is 0 Å². The molecule has 7 nitrogen and oxygen atoms in total. The number of nitrogens with one attached hydrogen (secondary N) is 1. The minimum absolute atomic E-state index is 0.0376. The number of amides is 2. The van der Waals surface area contributed by atoms with Gasteiger partial charge in [-0.2, -0.15) is 0 Å². The topological polar surface area (TPSA) is 77.1 Å². The summed E-state index contributed by atoms with van der Waals surface area (Å²) in [6.45, 7) is 3.86. The number of ether oxygens (including phenoxy) is 3. The smallest absolute Gasteiger partial charge is 0.261 e. The second-order valence-electron chi connectivity index (χ2n) is 9.01. The lowest BCUT2D eigenvalue weighted by atomic mass is 10.0. The van der Waals surface area contributed by atoms with E-state index in [4.69, 9.17) is 25.8 Å². The molecule has 0 aliphatic rings. The van der Waals surface area contributed by atoms with Gasteiger partial charge in [0.05, 0.1) is 14.2 Å². The molecule has 0 unspecified atom stereocenters. The Balaban J connectivity index is 1.93. The zero-order valence-corrected chi connectivity index (χ0v) is 23.0. The van der Waals surface area contributed by atoms with Gasteiger partial charge < -0.3 is 24.4 Å². The highest BCUT2D eigenvalue weighted by Crippen LogP contribution is 2.27. The van der Waals surface area contributed by atoms with Gasteiger partial charge in [0.2, 0.25) is 5.91 Å². The molecule has 0 radical (unpaired) electrons. The van der Waals surface area contributed by atoms with Crippen molar-refractivity contribution in [3.63, 3.8) is 0 Å². The van der Waals surface area contributed by atoms with Crippen LogP contribution >= 0.6 is 11.6 Å². The van der Waals surface area contributed by atoms with E-state index in [1.807, 2.05) is 56.3 Å². The van der Waals surface area contributed by atoms with Gasteiger partial charge in [-0.3, -0.25) is 9.59 Å². The molecular weight excluding hydrogens is 504 g/mol. The quantitative estimate of drug-likeness (QED) is 0.320. The van der Waals surface area contributed by atoms with Crippen molar-refractivity contribution in [3.05, 3.63) is 88.9 Å². The molecule has 0 saturated carbocycles. The van der Waals surface area contributed by atoms with Crippen LogP contribution < -0.4 is 19.5 Å². The molecule has 2 amide bonds. The highest BCUT2D eigenvalue weighted by atomic mass is 35.5. The van der Waals surface area contributed by atoms with E-state index in [-0.39, 0.29) is 31.0 Å². The van der Waals surface area contributed by atoms with Crippen LogP contribution in [0.5, 0.6) is 17.2 Å². The van der Waals surface area contributed by atoms with Gasteiger partial charge in [0, 0.05) is 42.2 Å². The van der Waals surface area contributed by atoms with Crippen LogP contribution in [0.4, 0.5) is 0 Å². The fourth-order valence-electron chi connectivity index (χ4n) is 3.92. The maximum absolute atomic E-state index is 13.7. The molecule has 0 aliphatic carbocycles. The number of carbonyl (C=O) groups excluding carboxylic acids is 2. The highest BCUT2D eigenvalue weighted by Gasteiger charge is 2.31. The fraction of sp³-hybridized carbons (Fsp3) is 0.333. The molecule has 0 aromatic heterocycles. The number of methoxy groups -OCH3 is 2. The third-order valence-corrected chi connectivity index (χ3v) is 6.44. The van der Waals surface area contributed by atoms with E-state index in [0.717, 1.165) is 17.5 Å². The van der Waals surface area contributed by atoms with Crippen molar-refractivity contribution in [1.29, 1.82) is 0 Å². The van der Waals surface area contributed by atoms with Crippen LogP contribution in [-0.2, 0) is 22.6 Å². The number of carbonyl (C=O) groups is 2. The Morgan fingerprint density at radius 1 is 0.895 bits per heavy atom. The second-order valence-corrected chi connectivity index (χ2v) is 9.45. The van der Waals surface area contributed by atoms with Crippen LogP contribution in [0.1, 0.15) is 31.4 Å². The van der Waals surface area contributed by atoms with Crippen molar-refractivity contribution in [2.24, 2.45) is 0 Å². The number of benzene rings is 3. The first-order valence-electron chi connectivity index (χ1n) is 12.6. The van der Waals surface area contributed by atoms with Crippen molar-refractivity contribution in [1.82, 2.24) is 10.2 Å². The molecule has 1 N–H and O–H groups in total. The monoisotopic (exact) mass is 538 g/mol. The van der Waals surface area contributed by atoms with Crippen LogP contribution in [0.25, 0.3) is 0 Å². The van der Waals surface area contributed by atoms with Crippen molar-refractivity contribution in [2.45, 2.75) is 45.3 Å². The summed E-state index contributed by atoms with van der Waals surface area (Å²) in [6, 6.07) is 21.2. The standard InChI is InChI=1S/C30H35ClN2O5/c1-5-21(2)32-30(35)28(15-22-10-7-6-8-11-22)33(19-23-12-9-13-24(31)14-23)29(34)20-38-27-17-25(36-3)16-26(18-27)37-4/h6-14,16-18,21,28H,5,15,19-20H2,1-4H3,(H,32,35)/t21-,28-/m1/s1. The molecule has 8 heteroatoms. The molecule has 3 aromatic rings. The minimum atomic E-state index is -0.763. The first-order valence-corrected chi connectivity index (χ1v) is 12.9. The van der Waals surface area contributed by atoms with Crippen LogP contribution in [0.3, 0.4) is 0 Å². The van der Waals surface area contributed by atoms with Crippen LogP contribution in [0.2, 0.25) is 5.02 Å². The Morgan fingerprint density at radius 2 is 1.53 bits per heavy atom. The second kappa shape index (κ2) is 14.3. The van der Waals surface area contributed by atoms with Gasteiger partial charge in [-0.25, -0.2) is 0 Å². The molecule has 0 spiro atoms. The Bertz CT molecular complexity index is 1180. The molecule has 0 saturated heterocycles. The summed E-state index contributed by atoms with van der Waals surface area (Å²) < 4.78 is 16.5. The Hall–Kier alpha value is -3.71. The third kappa shape index (κ3) is 8.42. The SMILES string of the molecule is CC[C@@H](C)NC(=O)[C@@H](Cc1ccccc1)N(Cc1cccc(Cl)c1)C(=O)COc1cc(OC)cc(OC)c1. The van der Waals surface area contributed by atoms with E-state index >= 15 is 0 Å². The molecule has 3 rings (SSSR count). The Kier molecular flexibility index (Phi) is 10.8. The summed E-state index contributed by atoms with van der Waals surface area (Å²) in [7, 11) is 3.08. The predicted octanol–water partition coefficient (Wildman–Crippen LogP) is 5.29. The number of nitrogens with zero attached hydrogens (tertiary/aromatic N) is 1. The average Bonchev–Trinajstić information content (AvgIpc) is 2.93. The zero-order chi connectivity index (χ0) is 27.5. The maximum Gasteiger partial charge on any atom is 0.261 e. The lowest BCUT2D eigenvalue weighted by molar-refractivity contribution is -0.143. The van der Waals surface area contributed by atoms with Crippen molar-refractivity contribution < 1.29 is 23.8 Å². The molecule has 0 heterocycles. The van der Waals surface area contributed by atoms with Crippen LogP contribution in [0.15, 0.2) is 72.8 Å². The highest BCUT2D eigenvalue weighted by molar-refractivity contribution is 6.30. The molecule has 2 atom stereocenters. The van der Waals surface area contributed by atoms with Crippen molar-refractivity contribution in [3.8, 4) is 17.2 Å². The van der Waals surface area contributed by atoms with E-state index in [1.165, 1.54) is 0 Å². The van der Waals surface area contributed by atoms with Gasteiger partial charge in [0.25, 0.3) is 5.91 Å². The summed E-state index contributed by atoms with van der Waals surface area (Å²) in [4.78, 5) is 28.9. The maximum atomic E-state index is 13.7. The van der Waals surface area contributed by atoms with Crippen molar-refractivity contribution in [2.75, 3.05) is 20.8 Å². The normalized spacial score (nSPS) is 12.2. The van der Waals surface area contributed by atoms with E-state index in [2.05, 4.69) is 5.32 Å². The van der Waals surface area contributed by atoms with Gasteiger partial charge in [-0.05, 0) is 36.6 Å². The number of hydrogen-bond donors (Lipinski definition) is 1. The molecule has 202 valence electrons. The minimum Gasteiger partial charge on any atom is -0.496 e. The molecule has 0 bridgehead atoms. The number of rotatable bonds is 13. The predicted molar refractivity (Wildman–Crippen MR) is 149 cm³/mol. The lowest BCUT2D eigenvalue weighted by Gasteiger charge is -2.32. The van der Waals surface area contributed by atoms with Gasteiger partial charge >= 0.3 is 0 Å². The van der Waals surface area contributed by atoms with E-state index in [0.29, 0.717) is 28.7 Å². The number of hydrogen-bond acceptors (Lipinski definition) is 5. The van der Waals surface area contributed by atoms with E-state index in [1.54, 1.807) is 49.5 Å². The summed E-state index contributed by atoms with van der Waals surface area (Å²) >= 11 is 6.23. The lowest BCUT2D eigenvalue weighted by Crippen LogP contribution is -2.53. The zero-order valence-electron chi connectivity index (χ0n) is 22.3. The summed E-state index contributed by atoms with van der Waals surface area (Å²) in [5.74, 6) is 0.935. The van der Waals surface area contributed by atoms with Gasteiger partial charge in [0.15, 0.2) is 6.61 Å². The molecule has 0 fully saturated rings. The Morgan fingerprint density at radius 3 is 2.13 bits per heavy atom. The third-order valence-electron chi connectivity index (χ3n) is 6.20. The average molecular weight is 539 g/mol. The largest absolute Gasteiger partial charge is 0.496 e. The Labute approximate surface area is 229 Å². The van der Waals surface area contributed by atoms with E-state index < -0.39 is 6.04 Å². The van der Waals surface area contributed by atoms with Crippen LogP contribution in [0, 0.1) is 0 Å². The molecule has 3 aromatic carbocycles. The van der Waals surface area contributed by atoms with Gasteiger partial charge in [-0.1, -0.05) is 61.0 Å². The number of halogens is 1. The summed E-state index contributed by atoms with van der Waals surface area (Å²) in [5.41, 5.74) is 1.75. The molecule has 38 heavy (non-hydrogen) atoms. The summed E-state index contributed by atoms with van der Waals surface area (Å²) in [5, 5.41) is 3.61.